The van der Waals surface area contributed by atoms with Gasteiger partial charge in [-0.1, -0.05) is 0 Å². The quantitative estimate of drug-likeness (QED) is 0.765. The maximum atomic E-state index is 11.6. The van der Waals surface area contributed by atoms with Crippen molar-refractivity contribution >= 4 is 23.6 Å². The van der Waals surface area contributed by atoms with Gasteiger partial charge in [-0.25, -0.2) is 0 Å². The van der Waals surface area contributed by atoms with E-state index in [9.17, 15) is 4.79 Å². The normalized spacial score (nSPS) is 21.1. The molecule has 0 radical (unpaired) electrons. The molecule has 2 heterocycles. The minimum Gasteiger partial charge on any atom is -0.292 e. The molecule has 1 unspecified atom stereocenters. The lowest BCUT2D eigenvalue weighted by atomic mass is 10.2. The van der Waals surface area contributed by atoms with Crippen LogP contribution in [0.5, 0.6) is 0 Å². The molecule has 0 bridgehead atoms. The first kappa shape index (κ1) is 9.51. The van der Waals surface area contributed by atoms with Crippen LogP contribution in [-0.2, 0) is 4.79 Å². The molecule has 0 aromatic carbocycles. The van der Waals surface area contributed by atoms with Crippen LogP contribution < -0.4 is 5.32 Å². The van der Waals surface area contributed by atoms with Gasteiger partial charge in [-0.15, -0.1) is 16.9 Å². The molecule has 76 valence electrons. The molecular formula is C8H12N4OS. The highest BCUT2D eigenvalue weighted by molar-refractivity contribution is 8.00. The van der Waals surface area contributed by atoms with Crippen molar-refractivity contribution in [3.8, 4) is 0 Å². The lowest BCUT2D eigenvalue weighted by Crippen LogP contribution is -2.23. The number of thioether (sulfide) groups is 1. The SMILES string of the molecule is Cc1nc(NC(=O)C2CCCS2)n[nH]1. The molecule has 2 rings (SSSR count). The Morgan fingerprint density at radius 1 is 1.71 bits per heavy atom. The molecule has 1 fully saturated rings. The van der Waals surface area contributed by atoms with E-state index in [0.717, 1.165) is 18.6 Å². The lowest BCUT2D eigenvalue weighted by Gasteiger charge is -2.05. The molecule has 5 nitrogen and oxygen atoms in total. The van der Waals surface area contributed by atoms with Crippen molar-refractivity contribution in [2.24, 2.45) is 0 Å². The predicted octanol–water partition coefficient (Wildman–Crippen LogP) is 0.947. The molecule has 1 aliphatic rings. The zero-order valence-electron chi connectivity index (χ0n) is 7.91. The Labute approximate surface area is 86.1 Å². The van der Waals surface area contributed by atoms with Gasteiger partial charge in [0.25, 0.3) is 0 Å². The Kier molecular flexibility index (Phi) is 2.72. The summed E-state index contributed by atoms with van der Waals surface area (Å²) in [5.74, 6) is 2.18. The van der Waals surface area contributed by atoms with Gasteiger partial charge in [-0.3, -0.25) is 15.2 Å². The molecule has 0 aliphatic carbocycles. The lowest BCUT2D eigenvalue weighted by molar-refractivity contribution is -0.115. The van der Waals surface area contributed by atoms with E-state index in [1.807, 2.05) is 0 Å². The minimum absolute atomic E-state index is 0.0199. The first-order valence-electron chi connectivity index (χ1n) is 4.57. The van der Waals surface area contributed by atoms with Crippen molar-refractivity contribution in [3.63, 3.8) is 0 Å². The predicted molar refractivity (Wildman–Crippen MR) is 55.2 cm³/mol. The number of nitrogens with zero attached hydrogens (tertiary/aromatic N) is 2. The van der Waals surface area contributed by atoms with Crippen LogP contribution in [0, 0.1) is 6.92 Å². The third kappa shape index (κ3) is 2.06. The van der Waals surface area contributed by atoms with Crippen molar-refractivity contribution in [1.82, 2.24) is 15.2 Å². The Balaban J connectivity index is 1.93. The highest BCUT2D eigenvalue weighted by Gasteiger charge is 2.23. The second-order valence-electron chi connectivity index (χ2n) is 3.24. The van der Waals surface area contributed by atoms with Gasteiger partial charge in [-0.05, 0) is 25.5 Å². The van der Waals surface area contributed by atoms with Crippen LogP contribution in [0.15, 0.2) is 0 Å². The van der Waals surface area contributed by atoms with Crippen LogP contribution in [0.2, 0.25) is 0 Å². The average molecular weight is 212 g/mol. The summed E-state index contributed by atoms with van der Waals surface area (Å²) in [5.41, 5.74) is 0. The van der Waals surface area contributed by atoms with E-state index in [1.54, 1.807) is 18.7 Å². The van der Waals surface area contributed by atoms with Gasteiger partial charge < -0.3 is 0 Å². The van der Waals surface area contributed by atoms with Crippen molar-refractivity contribution in [2.75, 3.05) is 11.1 Å². The Morgan fingerprint density at radius 3 is 3.14 bits per heavy atom. The summed E-state index contributed by atoms with van der Waals surface area (Å²) in [7, 11) is 0. The van der Waals surface area contributed by atoms with Gasteiger partial charge in [-0.2, -0.15) is 4.98 Å². The van der Waals surface area contributed by atoms with Crippen molar-refractivity contribution in [3.05, 3.63) is 5.82 Å². The first-order valence-corrected chi connectivity index (χ1v) is 5.62. The van der Waals surface area contributed by atoms with Crippen LogP contribution in [0.3, 0.4) is 0 Å². The van der Waals surface area contributed by atoms with E-state index in [0.29, 0.717) is 11.8 Å². The fraction of sp³-hybridized carbons (Fsp3) is 0.625. The molecular weight excluding hydrogens is 200 g/mol. The number of anilines is 1. The summed E-state index contributed by atoms with van der Waals surface area (Å²) in [6, 6.07) is 0. The van der Waals surface area contributed by atoms with Gasteiger partial charge in [0.1, 0.15) is 5.82 Å². The van der Waals surface area contributed by atoms with Crippen molar-refractivity contribution in [1.29, 1.82) is 0 Å². The molecule has 1 aromatic heterocycles. The first-order chi connectivity index (χ1) is 6.75. The minimum atomic E-state index is 0.0199. The molecule has 2 N–H and O–H groups in total. The second-order valence-corrected chi connectivity index (χ2v) is 4.55. The molecule has 14 heavy (non-hydrogen) atoms. The van der Waals surface area contributed by atoms with E-state index in [-0.39, 0.29) is 11.2 Å². The standard InChI is InChI=1S/C8H12N4OS/c1-5-9-8(12-11-5)10-7(13)6-3-2-4-14-6/h6H,2-4H2,1H3,(H2,9,10,11,12,13). The number of carbonyl (C=O) groups is 1. The maximum absolute atomic E-state index is 11.6. The molecule has 1 saturated heterocycles. The van der Waals surface area contributed by atoms with Gasteiger partial charge in [0.15, 0.2) is 0 Å². The third-order valence-electron chi connectivity index (χ3n) is 2.05. The highest BCUT2D eigenvalue weighted by atomic mass is 32.2. The summed E-state index contributed by atoms with van der Waals surface area (Å²) in [5, 5.41) is 9.30. The number of hydrogen-bond donors (Lipinski definition) is 2. The van der Waals surface area contributed by atoms with Crippen LogP contribution in [-0.4, -0.2) is 32.1 Å². The second kappa shape index (κ2) is 4.00. The third-order valence-corrected chi connectivity index (χ3v) is 3.43. The molecule has 1 aliphatic heterocycles. The number of amides is 1. The van der Waals surface area contributed by atoms with E-state index in [2.05, 4.69) is 20.5 Å². The molecule has 0 spiro atoms. The van der Waals surface area contributed by atoms with E-state index in [1.165, 1.54) is 0 Å². The van der Waals surface area contributed by atoms with Gasteiger partial charge in [0.2, 0.25) is 11.9 Å². The Hall–Kier alpha value is -1.04. The Bertz CT molecular complexity index is 332. The van der Waals surface area contributed by atoms with Crippen LogP contribution in [0.1, 0.15) is 18.7 Å². The molecule has 1 amide bonds. The van der Waals surface area contributed by atoms with Crippen molar-refractivity contribution in [2.45, 2.75) is 25.0 Å². The van der Waals surface area contributed by atoms with Gasteiger partial charge >= 0.3 is 0 Å². The number of H-pyrrole nitrogens is 1. The fourth-order valence-electron chi connectivity index (χ4n) is 1.37. The monoisotopic (exact) mass is 212 g/mol. The topological polar surface area (TPSA) is 70.7 Å². The number of rotatable bonds is 2. The summed E-state index contributed by atoms with van der Waals surface area (Å²) in [6.07, 6.45) is 2.08. The van der Waals surface area contributed by atoms with Crippen LogP contribution >= 0.6 is 11.8 Å². The summed E-state index contributed by atoms with van der Waals surface area (Å²) >= 11 is 1.70. The average Bonchev–Trinajstić information content (AvgIpc) is 2.75. The zero-order chi connectivity index (χ0) is 9.97. The zero-order valence-corrected chi connectivity index (χ0v) is 8.73. The number of carbonyl (C=O) groups excluding carboxylic acids is 1. The Morgan fingerprint density at radius 2 is 2.57 bits per heavy atom. The smallest absolute Gasteiger partial charge is 0.248 e. The maximum Gasteiger partial charge on any atom is 0.248 e. The molecule has 0 saturated carbocycles. The largest absolute Gasteiger partial charge is 0.292 e. The number of aryl methyl sites for hydroxylation is 1. The van der Waals surface area contributed by atoms with Gasteiger partial charge in [0.05, 0.1) is 5.25 Å². The number of aromatic nitrogens is 3. The van der Waals surface area contributed by atoms with E-state index in [4.69, 9.17) is 0 Å². The van der Waals surface area contributed by atoms with Gasteiger partial charge in [0, 0.05) is 0 Å². The molecule has 6 heteroatoms. The van der Waals surface area contributed by atoms with Crippen LogP contribution in [0.4, 0.5) is 5.95 Å². The number of aromatic amines is 1. The molecule has 1 atom stereocenters. The number of nitrogens with one attached hydrogen (secondary N) is 2. The molecule has 1 aromatic rings. The van der Waals surface area contributed by atoms with Crippen LogP contribution in [0.25, 0.3) is 0 Å². The summed E-state index contributed by atoms with van der Waals surface area (Å²) < 4.78 is 0. The highest BCUT2D eigenvalue weighted by Crippen LogP contribution is 2.26. The number of hydrogen-bond acceptors (Lipinski definition) is 4. The van der Waals surface area contributed by atoms with E-state index >= 15 is 0 Å². The fourth-order valence-corrected chi connectivity index (χ4v) is 2.54. The summed E-state index contributed by atoms with van der Waals surface area (Å²) in [6.45, 7) is 1.80. The summed E-state index contributed by atoms with van der Waals surface area (Å²) in [4.78, 5) is 15.6. The van der Waals surface area contributed by atoms with E-state index < -0.39 is 0 Å². The van der Waals surface area contributed by atoms with Crippen molar-refractivity contribution < 1.29 is 4.79 Å².